The van der Waals surface area contributed by atoms with E-state index in [9.17, 15) is 0 Å². The molecule has 0 bridgehead atoms. The number of nitrogens with zero attached hydrogens (tertiary/aromatic N) is 1. The minimum atomic E-state index is 0.668. The Kier molecular flexibility index (Phi) is 4.87. The molecule has 1 saturated carbocycles. The van der Waals surface area contributed by atoms with Gasteiger partial charge >= 0.3 is 0 Å². The molecule has 0 spiro atoms. The first-order valence-corrected chi connectivity index (χ1v) is 11.6. The lowest BCUT2D eigenvalue weighted by Gasteiger charge is -2.32. The summed E-state index contributed by atoms with van der Waals surface area (Å²) in [4.78, 5) is 8.28. The van der Waals surface area contributed by atoms with Crippen molar-refractivity contribution in [3.8, 4) is 22.1 Å². The Morgan fingerprint density at radius 3 is 2.75 bits per heavy atom. The molecule has 1 aliphatic carbocycles. The molecule has 0 saturated heterocycles. The molecule has 1 fully saturated rings. The second kappa shape index (κ2) is 7.50. The maximum atomic E-state index is 5.45. The van der Waals surface area contributed by atoms with Crippen molar-refractivity contribution in [3.05, 3.63) is 51.2 Å². The number of thiazole rings is 1. The summed E-state index contributed by atoms with van der Waals surface area (Å²) in [5, 5.41) is 5.55. The van der Waals surface area contributed by atoms with Gasteiger partial charge in [0.05, 0.1) is 20.8 Å². The predicted octanol–water partition coefficient (Wildman–Crippen LogP) is 3.98. The Morgan fingerprint density at radius 1 is 1.11 bits per heavy atom. The first-order valence-electron chi connectivity index (χ1n) is 9.84. The number of benzene rings is 1. The highest BCUT2D eigenvalue weighted by Gasteiger charge is 2.43. The molecule has 6 heteroatoms. The lowest BCUT2D eigenvalue weighted by molar-refractivity contribution is -0.949. The Balaban J connectivity index is 1.37. The normalized spacial score (nSPS) is 21.4. The minimum absolute atomic E-state index is 0.668. The van der Waals surface area contributed by atoms with Gasteiger partial charge in [0, 0.05) is 33.7 Å². The van der Waals surface area contributed by atoms with E-state index in [1.807, 2.05) is 23.5 Å². The van der Waals surface area contributed by atoms with Gasteiger partial charge in [0.25, 0.3) is 0 Å². The fourth-order valence-corrected chi connectivity index (χ4v) is 6.16. The van der Waals surface area contributed by atoms with Crippen molar-refractivity contribution >= 4 is 22.7 Å². The predicted molar refractivity (Wildman–Crippen MR) is 114 cm³/mol. The molecule has 2 aliphatic rings. The summed E-state index contributed by atoms with van der Waals surface area (Å²) in [7, 11) is 3.33. The van der Waals surface area contributed by atoms with Gasteiger partial charge in [-0.2, -0.15) is 0 Å². The van der Waals surface area contributed by atoms with Gasteiger partial charge < -0.3 is 14.4 Å². The van der Waals surface area contributed by atoms with E-state index in [2.05, 4.69) is 22.9 Å². The number of nitrogens with one attached hydrogen (secondary N) is 1. The lowest BCUT2D eigenvalue weighted by atomic mass is 9.96. The van der Waals surface area contributed by atoms with E-state index in [-0.39, 0.29) is 0 Å². The van der Waals surface area contributed by atoms with Crippen LogP contribution in [0.15, 0.2) is 35.0 Å². The number of hydrogen-bond donors (Lipinski definition) is 1. The van der Waals surface area contributed by atoms with Crippen LogP contribution >= 0.6 is 22.7 Å². The Labute approximate surface area is 173 Å². The minimum Gasteiger partial charge on any atom is -0.493 e. The number of hydrogen-bond acceptors (Lipinski definition) is 5. The number of aromatic nitrogens is 1. The second-order valence-corrected chi connectivity index (χ2v) is 9.52. The van der Waals surface area contributed by atoms with E-state index < -0.39 is 0 Å². The van der Waals surface area contributed by atoms with Crippen LogP contribution in [0.4, 0.5) is 0 Å². The van der Waals surface area contributed by atoms with Crippen molar-refractivity contribution in [2.45, 2.75) is 31.8 Å². The van der Waals surface area contributed by atoms with Crippen LogP contribution in [0.3, 0.4) is 0 Å². The second-order valence-electron chi connectivity index (χ2n) is 7.66. The van der Waals surface area contributed by atoms with Crippen LogP contribution < -0.4 is 14.4 Å². The topological polar surface area (TPSA) is 35.8 Å². The summed E-state index contributed by atoms with van der Waals surface area (Å²) in [6, 6.07) is 9.06. The van der Waals surface area contributed by atoms with Gasteiger partial charge in [-0.05, 0) is 42.5 Å². The van der Waals surface area contributed by atoms with Gasteiger partial charge in [-0.3, -0.25) is 0 Å². The monoisotopic (exact) mass is 413 g/mol. The van der Waals surface area contributed by atoms with Crippen LogP contribution in [-0.4, -0.2) is 25.7 Å². The SMILES string of the molecule is COc1ccc(-c2nc(C[NH+]3CCc4sccc4[C@H]3C3CC3)cs2)cc1OC. The largest absolute Gasteiger partial charge is 0.493 e. The van der Waals surface area contributed by atoms with Crippen LogP contribution in [0.2, 0.25) is 0 Å². The van der Waals surface area contributed by atoms with Crippen molar-refractivity contribution < 1.29 is 14.4 Å². The molecule has 2 atom stereocenters. The zero-order valence-electron chi connectivity index (χ0n) is 16.2. The van der Waals surface area contributed by atoms with Gasteiger partial charge in [-0.15, -0.1) is 22.7 Å². The average molecular weight is 414 g/mol. The third-order valence-corrected chi connectivity index (χ3v) is 7.85. The number of fused-ring (bicyclic) bond motifs is 1. The number of quaternary nitrogens is 1. The van der Waals surface area contributed by atoms with Gasteiger partial charge in [0.1, 0.15) is 23.3 Å². The number of thiophene rings is 1. The first kappa shape index (κ1) is 18.2. The molecule has 4 nitrogen and oxygen atoms in total. The van der Waals surface area contributed by atoms with Crippen LogP contribution in [0.25, 0.3) is 10.6 Å². The zero-order valence-corrected chi connectivity index (χ0v) is 17.9. The van der Waals surface area contributed by atoms with Crippen molar-refractivity contribution in [3.63, 3.8) is 0 Å². The van der Waals surface area contributed by atoms with Crippen LogP contribution in [0.1, 0.15) is 35.0 Å². The standard InChI is InChI=1S/C22H24N2O2S2/c1-25-18-6-5-15(11-19(18)26-2)22-23-16(13-28-22)12-24-9-7-20-17(8-10-27-20)21(24)14-3-4-14/h5-6,8,10-11,13-14,21H,3-4,7,9,12H2,1-2H3/p+1/t21-/m1/s1. The Hall–Kier alpha value is -1.89. The highest BCUT2D eigenvalue weighted by molar-refractivity contribution is 7.13. The van der Waals surface area contributed by atoms with Crippen LogP contribution in [0.5, 0.6) is 11.5 Å². The van der Waals surface area contributed by atoms with E-state index in [1.54, 1.807) is 40.9 Å². The maximum absolute atomic E-state index is 5.45. The van der Waals surface area contributed by atoms with Gasteiger partial charge in [0.2, 0.25) is 0 Å². The number of rotatable bonds is 6. The summed E-state index contributed by atoms with van der Waals surface area (Å²) < 4.78 is 10.8. The fraction of sp³-hybridized carbons (Fsp3) is 0.409. The number of methoxy groups -OCH3 is 2. The molecule has 28 heavy (non-hydrogen) atoms. The highest BCUT2D eigenvalue weighted by Crippen LogP contribution is 2.42. The molecule has 3 aromatic rings. The molecule has 3 heterocycles. The molecule has 0 amide bonds. The summed E-state index contributed by atoms with van der Waals surface area (Å²) in [6.07, 6.45) is 3.98. The Morgan fingerprint density at radius 2 is 1.96 bits per heavy atom. The summed E-state index contributed by atoms with van der Waals surface area (Å²) in [5.41, 5.74) is 3.90. The van der Waals surface area contributed by atoms with Crippen LogP contribution in [0, 0.1) is 5.92 Å². The average Bonchev–Trinajstić information content (AvgIpc) is 3.25. The molecule has 5 rings (SSSR count). The summed E-state index contributed by atoms with van der Waals surface area (Å²) in [5.74, 6) is 2.37. The third kappa shape index (κ3) is 3.34. The highest BCUT2D eigenvalue weighted by atomic mass is 32.1. The quantitative estimate of drug-likeness (QED) is 0.664. The van der Waals surface area contributed by atoms with E-state index in [0.717, 1.165) is 34.5 Å². The third-order valence-electron chi connectivity index (χ3n) is 5.91. The Bertz CT molecular complexity index is 977. The van der Waals surface area contributed by atoms with E-state index in [4.69, 9.17) is 14.5 Å². The lowest BCUT2D eigenvalue weighted by Crippen LogP contribution is -3.12. The zero-order chi connectivity index (χ0) is 19.1. The van der Waals surface area contributed by atoms with Gasteiger partial charge in [0.15, 0.2) is 11.5 Å². The van der Waals surface area contributed by atoms with Crippen molar-refractivity contribution in [2.75, 3.05) is 20.8 Å². The summed E-state index contributed by atoms with van der Waals surface area (Å²) >= 11 is 3.66. The first-order chi connectivity index (χ1) is 13.8. The smallest absolute Gasteiger partial charge is 0.161 e. The molecule has 1 N–H and O–H groups in total. The molecule has 0 radical (unpaired) electrons. The maximum Gasteiger partial charge on any atom is 0.161 e. The van der Waals surface area contributed by atoms with Crippen molar-refractivity contribution in [1.29, 1.82) is 0 Å². The molecule has 146 valence electrons. The fourth-order valence-electron chi connectivity index (χ4n) is 4.42. The van der Waals surface area contributed by atoms with E-state index >= 15 is 0 Å². The molecule has 1 aliphatic heterocycles. The molecule has 1 unspecified atom stereocenters. The van der Waals surface area contributed by atoms with E-state index in [0.29, 0.717) is 6.04 Å². The van der Waals surface area contributed by atoms with Crippen LogP contribution in [-0.2, 0) is 13.0 Å². The van der Waals surface area contributed by atoms with Crippen molar-refractivity contribution in [1.82, 2.24) is 4.98 Å². The molecular formula is C22H25N2O2S2+. The van der Waals surface area contributed by atoms with Crippen molar-refractivity contribution in [2.24, 2.45) is 5.92 Å². The van der Waals surface area contributed by atoms with E-state index in [1.165, 1.54) is 31.5 Å². The van der Waals surface area contributed by atoms with Gasteiger partial charge in [-0.25, -0.2) is 4.98 Å². The molecule has 2 aromatic heterocycles. The summed E-state index contributed by atoms with van der Waals surface area (Å²) in [6.45, 7) is 2.23. The molecule has 1 aromatic carbocycles. The number of ether oxygens (including phenoxy) is 2. The van der Waals surface area contributed by atoms with Gasteiger partial charge in [-0.1, -0.05) is 0 Å². The molecular weight excluding hydrogens is 388 g/mol.